The molecule has 2 aromatic heterocycles. The Morgan fingerprint density at radius 1 is 1.35 bits per heavy atom. The van der Waals surface area contributed by atoms with Crippen molar-refractivity contribution < 1.29 is 9.32 Å². The lowest BCUT2D eigenvalue weighted by molar-refractivity contribution is -0.127. The molecule has 0 aliphatic rings. The predicted octanol–water partition coefficient (Wildman–Crippen LogP) is 2.09. The van der Waals surface area contributed by atoms with Crippen molar-refractivity contribution in [2.45, 2.75) is 19.1 Å². The third-order valence-corrected chi connectivity index (χ3v) is 3.54. The highest BCUT2D eigenvalue weighted by molar-refractivity contribution is 7.99. The van der Waals surface area contributed by atoms with Crippen LogP contribution in [0.3, 0.4) is 0 Å². The van der Waals surface area contributed by atoms with E-state index in [1.807, 2.05) is 26.0 Å². The van der Waals surface area contributed by atoms with Gasteiger partial charge in [0.05, 0.1) is 5.75 Å². The Balaban J connectivity index is 1.95. The lowest BCUT2D eigenvalue weighted by Crippen LogP contribution is -2.31. The molecule has 0 unspecified atom stereocenters. The zero-order valence-electron chi connectivity index (χ0n) is 11.4. The lowest BCUT2D eigenvalue weighted by atomic mass is 10.3. The molecule has 0 saturated carbocycles. The Morgan fingerprint density at radius 2 is 2.15 bits per heavy atom. The predicted molar refractivity (Wildman–Crippen MR) is 76.2 cm³/mol. The fraction of sp³-hybridized carbons (Fsp3) is 0.385. The third-order valence-electron chi connectivity index (χ3n) is 2.74. The number of nitrogens with zero attached hydrogens (tertiary/aromatic N) is 4. The van der Waals surface area contributed by atoms with E-state index in [0.717, 1.165) is 0 Å². The zero-order valence-corrected chi connectivity index (χ0v) is 12.3. The Labute approximate surface area is 121 Å². The van der Waals surface area contributed by atoms with Crippen LogP contribution in [0.2, 0.25) is 0 Å². The summed E-state index contributed by atoms with van der Waals surface area (Å²) in [4.78, 5) is 22.0. The third kappa shape index (κ3) is 3.57. The van der Waals surface area contributed by atoms with Crippen LogP contribution in [-0.4, -0.2) is 44.8 Å². The number of carbonyl (C=O) groups excluding carboxylic acids is 1. The molecule has 0 spiro atoms. The van der Waals surface area contributed by atoms with Crippen LogP contribution in [0.5, 0.6) is 0 Å². The van der Waals surface area contributed by atoms with Gasteiger partial charge in [-0.05, 0) is 26.0 Å². The highest BCUT2D eigenvalue weighted by Gasteiger charge is 2.14. The molecular weight excluding hydrogens is 276 g/mol. The second-order valence-corrected chi connectivity index (χ2v) is 4.88. The minimum absolute atomic E-state index is 0.0672. The summed E-state index contributed by atoms with van der Waals surface area (Å²) in [5.74, 6) is 0.798. The zero-order chi connectivity index (χ0) is 14.4. The van der Waals surface area contributed by atoms with Gasteiger partial charge in [-0.15, -0.1) is 0 Å². The van der Waals surface area contributed by atoms with Gasteiger partial charge in [0.15, 0.2) is 0 Å². The van der Waals surface area contributed by atoms with Crippen LogP contribution in [0.1, 0.15) is 13.8 Å². The minimum Gasteiger partial charge on any atom is -0.343 e. The first kappa shape index (κ1) is 14.5. The summed E-state index contributed by atoms with van der Waals surface area (Å²) in [6.45, 7) is 5.33. The van der Waals surface area contributed by atoms with E-state index in [2.05, 4.69) is 15.1 Å². The molecule has 6 nitrogen and oxygen atoms in total. The highest BCUT2D eigenvalue weighted by Crippen LogP contribution is 2.20. The molecule has 0 N–H and O–H groups in total. The molecule has 2 aromatic rings. The van der Waals surface area contributed by atoms with E-state index >= 15 is 0 Å². The molecule has 0 radical (unpaired) electrons. The van der Waals surface area contributed by atoms with E-state index in [0.29, 0.717) is 35.6 Å². The molecule has 0 bridgehead atoms. The van der Waals surface area contributed by atoms with Gasteiger partial charge >= 0.3 is 0 Å². The van der Waals surface area contributed by atoms with E-state index in [1.165, 1.54) is 11.8 Å². The van der Waals surface area contributed by atoms with Crippen molar-refractivity contribution in [3.63, 3.8) is 0 Å². The molecule has 0 aliphatic carbocycles. The summed E-state index contributed by atoms with van der Waals surface area (Å²) in [6, 6.07) is 5.48. The number of thioether (sulfide) groups is 1. The SMILES string of the molecule is CCN(CC)C(=O)CSc1nc(-c2ccccn2)no1. The Kier molecular flexibility index (Phi) is 5.11. The fourth-order valence-corrected chi connectivity index (χ4v) is 2.33. The second-order valence-electron chi connectivity index (χ2n) is 3.95. The summed E-state index contributed by atoms with van der Waals surface area (Å²) in [5, 5.41) is 4.24. The van der Waals surface area contributed by atoms with Crippen molar-refractivity contribution in [2.24, 2.45) is 0 Å². The van der Waals surface area contributed by atoms with Gasteiger partial charge < -0.3 is 9.42 Å². The van der Waals surface area contributed by atoms with Gasteiger partial charge in [-0.3, -0.25) is 9.78 Å². The monoisotopic (exact) mass is 292 g/mol. The standard InChI is InChI=1S/C13H16N4O2S/c1-3-17(4-2)11(18)9-20-13-15-12(16-19-13)10-7-5-6-8-14-10/h5-8H,3-4,9H2,1-2H3. The number of pyridine rings is 1. The summed E-state index contributed by atoms with van der Waals surface area (Å²) in [5.41, 5.74) is 0.651. The Bertz CT molecular complexity index is 555. The normalized spacial score (nSPS) is 10.5. The van der Waals surface area contributed by atoms with Crippen molar-refractivity contribution in [3.8, 4) is 11.5 Å². The van der Waals surface area contributed by atoms with Crippen molar-refractivity contribution in [2.75, 3.05) is 18.8 Å². The Hall–Kier alpha value is -1.89. The minimum atomic E-state index is 0.0672. The molecule has 0 aliphatic heterocycles. The topological polar surface area (TPSA) is 72.1 Å². The van der Waals surface area contributed by atoms with Gasteiger partial charge in [0, 0.05) is 19.3 Å². The smallest absolute Gasteiger partial charge is 0.286 e. The second kappa shape index (κ2) is 7.04. The van der Waals surface area contributed by atoms with E-state index in [1.54, 1.807) is 17.2 Å². The van der Waals surface area contributed by atoms with E-state index in [-0.39, 0.29) is 5.91 Å². The molecule has 106 valence electrons. The molecule has 0 atom stereocenters. The van der Waals surface area contributed by atoms with Gasteiger partial charge in [-0.2, -0.15) is 4.98 Å². The molecule has 1 amide bonds. The van der Waals surface area contributed by atoms with Gasteiger partial charge in [-0.1, -0.05) is 23.0 Å². The van der Waals surface area contributed by atoms with Crippen LogP contribution in [0.25, 0.3) is 11.5 Å². The molecule has 0 fully saturated rings. The first-order valence-corrected chi connectivity index (χ1v) is 7.38. The van der Waals surface area contributed by atoms with E-state index in [9.17, 15) is 4.79 Å². The van der Waals surface area contributed by atoms with Crippen molar-refractivity contribution in [1.82, 2.24) is 20.0 Å². The highest BCUT2D eigenvalue weighted by atomic mass is 32.2. The summed E-state index contributed by atoms with van der Waals surface area (Å²) in [6.07, 6.45) is 1.67. The average molecular weight is 292 g/mol. The van der Waals surface area contributed by atoms with Gasteiger partial charge in [0.2, 0.25) is 11.7 Å². The van der Waals surface area contributed by atoms with E-state index < -0.39 is 0 Å². The van der Waals surface area contributed by atoms with Gasteiger partial charge in [0.25, 0.3) is 5.22 Å². The number of aromatic nitrogens is 3. The van der Waals surface area contributed by atoms with Crippen LogP contribution in [0.4, 0.5) is 0 Å². The van der Waals surface area contributed by atoms with E-state index in [4.69, 9.17) is 4.52 Å². The first-order chi connectivity index (χ1) is 9.74. The summed E-state index contributed by atoms with van der Waals surface area (Å²) < 4.78 is 5.11. The largest absolute Gasteiger partial charge is 0.343 e. The molecule has 0 aromatic carbocycles. The lowest BCUT2D eigenvalue weighted by Gasteiger charge is -2.17. The number of amides is 1. The number of rotatable bonds is 6. The molecule has 7 heteroatoms. The van der Waals surface area contributed by atoms with Crippen LogP contribution in [-0.2, 0) is 4.79 Å². The molecule has 20 heavy (non-hydrogen) atoms. The quantitative estimate of drug-likeness (QED) is 0.759. The maximum Gasteiger partial charge on any atom is 0.286 e. The van der Waals surface area contributed by atoms with Gasteiger partial charge in [0.1, 0.15) is 5.69 Å². The van der Waals surface area contributed by atoms with Crippen molar-refractivity contribution in [3.05, 3.63) is 24.4 Å². The maximum atomic E-state index is 11.9. The van der Waals surface area contributed by atoms with Crippen LogP contribution in [0.15, 0.2) is 34.1 Å². The summed E-state index contributed by atoms with van der Waals surface area (Å²) >= 11 is 1.24. The average Bonchev–Trinajstić information content (AvgIpc) is 2.96. The summed E-state index contributed by atoms with van der Waals surface area (Å²) in [7, 11) is 0. The van der Waals surface area contributed by atoms with Crippen molar-refractivity contribution >= 4 is 17.7 Å². The fourth-order valence-electron chi connectivity index (χ4n) is 1.66. The molecule has 2 heterocycles. The van der Waals surface area contributed by atoms with Gasteiger partial charge in [-0.25, -0.2) is 0 Å². The number of hydrogen-bond donors (Lipinski definition) is 0. The van der Waals surface area contributed by atoms with Crippen LogP contribution in [0, 0.1) is 0 Å². The molecular formula is C13H16N4O2S. The van der Waals surface area contributed by atoms with Crippen LogP contribution >= 0.6 is 11.8 Å². The number of hydrogen-bond acceptors (Lipinski definition) is 6. The maximum absolute atomic E-state index is 11.9. The van der Waals surface area contributed by atoms with Crippen LogP contribution < -0.4 is 0 Å². The molecule has 0 saturated heterocycles. The Morgan fingerprint density at radius 3 is 2.80 bits per heavy atom. The first-order valence-electron chi connectivity index (χ1n) is 6.40. The number of carbonyl (C=O) groups is 1. The molecule has 2 rings (SSSR count). The van der Waals surface area contributed by atoms with Crippen molar-refractivity contribution in [1.29, 1.82) is 0 Å².